The SMILES string of the molecule is CC1CCN(CCC(N)c2cccc(F)c2)C(C)C1. The average molecular weight is 264 g/mol. The summed E-state index contributed by atoms with van der Waals surface area (Å²) in [6.45, 7) is 6.79. The Morgan fingerprint density at radius 2 is 2.21 bits per heavy atom. The maximum absolute atomic E-state index is 13.2. The van der Waals surface area contributed by atoms with Crippen LogP contribution in [0.25, 0.3) is 0 Å². The maximum atomic E-state index is 13.2. The molecule has 1 heterocycles. The van der Waals surface area contributed by atoms with Gasteiger partial charge >= 0.3 is 0 Å². The molecule has 1 fully saturated rings. The molecule has 0 saturated carbocycles. The predicted molar refractivity (Wildman–Crippen MR) is 77.4 cm³/mol. The van der Waals surface area contributed by atoms with E-state index in [1.54, 1.807) is 12.1 Å². The summed E-state index contributed by atoms with van der Waals surface area (Å²) in [5.74, 6) is 0.635. The van der Waals surface area contributed by atoms with Gasteiger partial charge in [-0.2, -0.15) is 0 Å². The highest BCUT2D eigenvalue weighted by molar-refractivity contribution is 5.19. The second-order valence-corrected chi connectivity index (χ2v) is 5.96. The maximum Gasteiger partial charge on any atom is 0.123 e. The molecule has 2 N–H and O–H groups in total. The summed E-state index contributed by atoms with van der Waals surface area (Å²) >= 11 is 0. The zero-order chi connectivity index (χ0) is 13.8. The van der Waals surface area contributed by atoms with E-state index in [1.807, 2.05) is 6.07 Å². The standard InChI is InChI=1S/C16H25FN2/c1-12-6-8-19(13(2)10-12)9-7-16(18)14-4-3-5-15(17)11-14/h3-5,11-13,16H,6-10,18H2,1-2H3. The molecule has 0 radical (unpaired) electrons. The Bertz CT molecular complexity index is 407. The molecular formula is C16H25FN2. The van der Waals surface area contributed by atoms with Crippen LogP contribution in [-0.2, 0) is 0 Å². The van der Waals surface area contributed by atoms with Gasteiger partial charge in [0, 0.05) is 18.6 Å². The van der Waals surface area contributed by atoms with Gasteiger partial charge in [-0.3, -0.25) is 0 Å². The van der Waals surface area contributed by atoms with E-state index >= 15 is 0 Å². The lowest BCUT2D eigenvalue weighted by Crippen LogP contribution is -2.41. The minimum Gasteiger partial charge on any atom is -0.324 e. The van der Waals surface area contributed by atoms with Gasteiger partial charge in [0.25, 0.3) is 0 Å². The third-order valence-corrected chi connectivity index (χ3v) is 4.28. The topological polar surface area (TPSA) is 29.3 Å². The van der Waals surface area contributed by atoms with Gasteiger partial charge in [-0.15, -0.1) is 0 Å². The lowest BCUT2D eigenvalue weighted by molar-refractivity contribution is 0.125. The first-order valence-corrected chi connectivity index (χ1v) is 7.31. The summed E-state index contributed by atoms with van der Waals surface area (Å²) in [6.07, 6.45) is 3.44. The molecule has 19 heavy (non-hydrogen) atoms. The monoisotopic (exact) mass is 264 g/mol. The zero-order valence-electron chi connectivity index (χ0n) is 12.0. The molecule has 0 amide bonds. The molecule has 0 spiro atoms. The molecule has 3 unspecified atom stereocenters. The fourth-order valence-corrected chi connectivity index (χ4v) is 3.00. The van der Waals surface area contributed by atoms with E-state index in [1.165, 1.54) is 18.9 Å². The van der Waals surface area contributed by atoms with Gasteiger partial charge in [0.05, 0.1) is 0 Å². The summed E-state index contributed by atoms with van der Waals surface area (Å²) in [5, 5.41) is 0. The van der Waals surface area contributed by atoms with Crippen molar-refractivity contribution in [1.82, 2.24) is 4.90 Å². The Hall–Kier alpha value is -0.930. The minimum absolute atomic E-state index is 0.0674. The van der Waals surface area contributed by atoms with E-state index in [4.69, 9.17) is 5.73 Å². The molecule has 1 aliphatic rings. The molecule has 1 aliphatic heterocycles. The van der Waals surface area contributed by atoms with Crippen molar-refractivity contribution < 1.29 is 4.39 Å². The first kappa shape index (κ1) is 14.5. The van der Waals surface area contributed by atoms with Crippen molar-refractivity contribution in [1.29, 1.82) is 0 Å². The Kier molecular flexibility index (Phi) is 4.94. The number of hydrogen-bond donors (Lipinski definition) is 1. The van der Waals surface area contributed by atoms with Crippen LogP contribution in [0.3, 0.4) is 0 Å². The Balaban J connectivity index is 1.85. The quantitative estimate of drug-likeness (QED) is 0.903. The summed E-state index contributed by atoms with van der Waals surface area (Å²) in [7, 11) is 0. The second kappa shape index (κ2) is 6.49. The fraction of sp³-hybridized carbons (Fsp3) is 0.625. The van der Waals surface area contributed by atoms with Gasteiger partial charge in [-0.05, 0) is 56.3 Å². The van der Waals surface area contributed by atoms with Crippen LogP contribution in [0, 0.1) is 11.7 Å². The van der Waals surface area contributed by atoms with Crippen LogP contribution in [0.1, 0.15) is 44.7 Å². The number of hydrogen-bond acceptors (Lipinski definition) is 2. The van der Waals surface area contributed by atoms with E-state index in [0.29, 0.717) is 6.04 Å². The van der Waals surface area contributed by atoms with Crippen molar-refractivity contribution in [3.63, 3.8) is 0 Å². The Morgan fingerprint density at radius 3 is 2.89 bits per heavy atom. The third kappa shape index (κ3) is 4.02. The van der Waals surface area contributed by atoms with Crippen LogP contribution >= 0.6 is 0 Å². The van der Waals surface area contributed by atoms with Crippen molar-refractivity contribution in [2.24, 2.45) is 11.7 Å². The molecule has 3 heteroatoms. The predicted octanol–water partition coefficient (Wildman–Crippen LogP) is 3.34. The normalized spacial score (nSPS) is 26.3. The number of piperidine rings is 1. The van der Waals surface area contributed by atoms with Crippen molar-refractivity contribution in [3.8, 4) is 0 Å². The van der Waals surface area contributed by atoms with Crippen LogP contribution in [0.15, 0.2) is 24.3 Å². The first-order valence-electron chi connectivity index (χ1n) is 7.31. The Labute approximate surface area is 115 Å². The average Bonchev–Trinajstić information content (AvgIpc) is 2.37. The van der Waals surface area contributed by atoms with Crippen molar-refractivity contribution in [3.05, 3.63) is 35.6 Å². The van der Waals surface area contributed by atoms with E-state index in [2.05, 4.69) is 18.7 Å². The van der Waals surface area contributed by atoms with E-state index in [0.717, 1.165) is 31.0 Å². The molecule has 1 saturated heterocycles. The number of rotatable bonds is 4. The number of benzene rings is 1. The molecule has 0 bridgehead atoms. The number of nitrogens with zero attached hydrogens (tertiary/aromatic N) is 1. The molecule has 3 atom stereocenters. The number of nitrogens with two attached hydrogens (primary N) is 1. The largest absolute Gasteiger partial charge is 0.324 e. The van der Waals surface area contributed by atoms with Gasteiger partial charge in [0.2, 0.25) is 0 Å². The highest BCUT2D eigenvalue weighted by Gasteiger charge is 2.22. The molecule has 2 nitrogen and oxygen atoms in total. The van der Waals surface area contributed by atoms with Crippen LogP contribution in [0.4, 0.5) is 4.39 Å². The van der Waals surface area contributed by atoms with Crippen molar-refractivity contribution in [2.45, 2.75) is 45.2 Å². The zero-order valence-corrected chi connectivity index (χ0v) is 12.0. The second-order valence-electron chi connectivity index (χ2n) is 5.96. The summed E-state index contributed by atoms with van der Waals surface area (Å²) in [5.41, 5.74) is 7.06. The highest BCUT2D eigenvalue weighted by atomic mass is 19.1. The minimum atomic E-state index is -0.201. The van der Waals surface area contributed by atoms with Crippen LogP contribution < -0.4 is 5.73 Å². The third-order valence-electron chi connectivity index (χ3n) is 4.28. The fourth-order valence-electron chi connectivity index (χ4n) is 3.00. The van der Waals surface area contributed by atoms with Gasteiger partial charge < -0.3 is 10.6 Å². The van der Waals surface area contributed by atoms with Gasteiger partial charge in [0.15, 0.2) is 0 Å². The van der Waals surface area contributed by atoms with Crippen LogP contribution in [0.2, 0.25) is 0 Å². The smallest absolute Gasteiger partial charge is 0.123 e. The number of halogens is 1. The molecule has 1 aromatic carbocycles. The molecular weight excluding hydrogens is 239 g/mol. The summed E-state index contributed by atoms with van der Waals surface area (Å²) in [4.78, 5) is 2.51. The molecule has 106 valence electrons. The van der Waals surface area contributed by atoms with E-state index in [-0.39, 0.29) is 11.9 Å². The summed E-state index contributed by atoms with van der Waals surface area (Å²) < 4.78 is 13.2. The first-order chi connectivity index (χ1) is 9.06. The van der Waals surface area contributed by atoms with Gasteiger partial charge in [0.1, 0.15) is 5.82 Å². The van der Waals surface area contributed by atoms with Gasteiger partial charge in [-0.25, -0.2) is 4.39 Å². The Morgan fingerprint density at radius 1 is 1.42 bits per heavy atom. The van der Waals surface area contributed by atoms with Crippen molar-refractivity contribution in [2.75, 3.05) is 13.1 Å². The van der Waals surface area contributed by atoms with E-state index < -0.39 is 0 Å². The molecule has 0 aliphatic carbocycles. The molecule has 1 aromatic rings. The molecule has 0 aromatic heterocycles. The van der Waals surface area contributed by atoms with Crippen LogP contribution in [-0.4, -0.2) is 24.0 Å². The molecule has 2 rings (SSSR count). The van der Waals surface area contributed by atoms with E-state index in [9.17, 15) is 4.39 Å². The lowest BCUT2D eigenvalue weighted by atomic mass is 9.93. The van der Waals surface area contributed by atoms with Gasteiger partial charge in [-0.1, -0.05) is 19.1 Å². The highest BCUT2D eigenvalue weighted by Crippen LogP contribution is 2.23. The van der Waals surface area contributed by atoms with Crippen molar-refractivity contribution >= 4 is 0 Å². The van der Waals surface area contributed by atoms with Crippen LogP contribution in [0.5, 0.6) is 0 Å². The summed E-state index contributed by atoms with van der Waals surface area (Å²) in [6, 6.07) is 7.23. The number of likely N-dealkylation sites (tertiary alicyclic amines) is 1. The lowest BCUT2D eigenvalue weighted by Gasteiger charge is -2.37.